The first-order chi connectivity index (χ1) is 9.47. The number of methoxy groups -OCH3 is 1. The Kier molecular flexibility index (Phi) is 3.25. The van der Waals surface area contributed by atoms with Crippen LogP contribution in [0.5, 0.6) is 11.5 Å². The molecule has 9 nitrogen and oxygen atoms in total. The van der Waals surface area contributed by atoms with Crippen molar-refractivity contribution < 1.29 is 29.1 Å². The molecule has 1 aromatic heterocycles. The molecule has 2 N–H and O–H groups in total. The highest BCUT2D eigenvalue weighted by atomic mass is 16.6. The van der Waals surface area contributed by atoms with Crippen molar-refractivity contribution in [1.82, 2.24) is 4.98 Å². The fourth-order valence-corrected chi connectivity index (χ4v) is 1.66. The van der Waals surface area contributed by atoms with E-state index in [0.29, 0.717) is 0 Å². The van der Waals surface area contributed by atoms with Crippen LogP contribution in [0.15, 0.2) is 22.9 Å². The maximum Gasteiger partial charge on any atom is 0.345 e. The second-order valence-electron chi connectivity index (χ2n) is 3.60. The van der Waals surface area contributed by atoms with Gasteiger partial charge >= 0.3 is 11.7 Å². The summed E-state index contributed by atoms with van der Waals surface area (Å²) >= 11 is 0. The molecule has 0 aliphatic heterocycles. The Morgan fingerprint density at radius 1 is 1.50 bits per heavy atom. The van der Waals surface area contributed by atoms with Crippen LogP contribution in [0.2, 0.25) is 0 Å². The first-order valence-corrected chi connectivity index (χ1v) is 5.18. The van der Waals surface area contributed by atoms with Crippen LogP contribution in [0.25, 0.3) is 11.5 Å². The molecule has 0 radical (unpaired) electrons. The Hall–Kier alpha value is -3.10. The summed E-state index contributed by atoms with van der Waals surface area (Å²) < 4.78 is 9.41. The average molecular weight is 280 g/mol. The van der Waals surface area contributed by atoms with Crippen molar-refractivity contribution in [3.8, 4) is 23.0 Å². The number of nitrogens with zero attached hydrogens (tertiary/aromatic N) is 2. The van der Waals surface area contributed by atoms with E-state index in [1.807, 2.05) is 0 Å². The third kappa shape index (κ3) is 2.00. The third-order valence-corrected chi connectivity index (χ3v) is 2.49. The number of hydrogen-bond acceptors (Lipinski definition) is 8. The van der Waals surface area contributed by atoms with Gasteiger partial charge in [-0.2, -0.15) is 0 Å². The van der Waals surface area contributed by atoms with Crippen molar-refractivity contribution in [3.63, 3.8) is 0 Å². The molecule has 0 aliphatic carbocycles. The average Bonchev–Trinajstić information content (AvgIpc) is 2.93. The van der Waals surface area contributed by atoms with Gasteiger partial charge in [0.1, 0.15) is 6.26 Å². The van der Waals surface area contributed by atoms with Crippen LogP contribution in [0.4, 0.5) is 5.69 Å². The summed E-state index contributed by atoms with van der Waals surface area (Å²) in [5.41, 5.74) is -1.70. The van der Waals surface area contributed by atoms with Gasteiger partial charge < -0.3 is 19.4 Å². The number of phenols is 2. The second-order valence-corrected chi connectivity index (χ2v) is 3.60. The van der Waals surface area contributed by atoms with Gasteiger partial charge in [-0.1, -0.05) is 0 Å². The zero-order valence-corrected chi connectivity index (χ0v) is 10.1. The minimum absolute atomic E-state index is 0.135. The van der Waals surface area contributed by atoms with Crippen LogP contribution in [0.3, 0.4) is 0 Å². The highest BCUT2D eigenvalue weighted by Gasteiger charge is 2.33. The summed E-state index contributed by atoms with van der Waals surface area (Å²) in [5, 5.41) is 30.1. The summed E-state index contributed by atoms with van der Waals surface area (Å²) in [6.45, 7) is 0. The predicted molar refractivity (Wildman–Crippen MR) is 63.3 cm³/mol. The first-order valence-electron chi connectivity index (χ1n) is 5.18. The van der Waals surface area contributed by atoms with E-state index in [-0.39, 0.29) is 11.5 Å². The van der Waals surface area contributed by atoms with Crippen LogP contribution < -0.4 is 0 Å². The fraction of sp³-hybridized carbons (Fsp3) is 0.0909. The molecule has 1 aromatic carbocycles. The number of phenolic OH excluding ortho intramolecular Hbond substituents is 2. The number of carbonyl (C=O) groups excluding carboxylic acids is 1. The van der Waals surface area contributed by atoms with E-state index in [4.69, 9.17) is 4.42 Å². The maximum atomic E-state index is 11.7. The molecule has 0 aliphatic rings. The maximum absolute atomic E-state index is 11.7. The minimum atomic E-state index is -1.07. The quantitative estimate of drug-likeness (QED) is 0.373. The first kappa shape index (κ1) is 13.3. The molecule has 2 rings (SSSR count). The molecule has 0 saturated heterocycles. The number of benzene rings is 1. The van der Waals surface area contributed by atoms with Crippen LogP contribution in [0, 0.1) is 10.1 Å². The van der Waals surface area contributed by atoms with Crippen molar-refractivity contribution in [3.05, 3.63) is 34.2 Å². The number of aromatic hydroxyl groups is 2. The Morgan fingerprint density at radius 3 is 2.70 bits per heavy atom. The number of nitro groups is 1. The lowest BCUT2D eigenvalue weighted by Crippen LogP contribution is -2.08. The van der Waals surface area contributed by atoms with E-state index in [1.54, 1.807) is 0 Å². The van der Waals surface area contributed by atoms with Gasteiger partial charge in [0.2, 0.25) is 11.6 Å². The van der Waals surface area contributed by atoms with Crippen molar-refractivity contribution >= 4 is 11.7 Å². The molecule has 0 spiro atoms. The van der Waals surface area contributed by atoms with Crippen LogP contribution in [0.1, 0.15) is 10.4 Å². The second kappa shape index (κ2) is 4.88. The number of carbonyl (C=O) groups is 1. The third-order valence-electron chi connectivity index (χ3n) is 2.49. The summed E-state index contributed by atoms with van der Waals surface area (Å²) in [5.74, 6) is -3.02. The van der Waals surface area contributed by atoms with E-state index < -0.39 is 33.6 Å². The number of oxazole rings is 1. The van der Waals surface area contributed by atoms with E-state index in [9.17, 15) is 25.1 Å². The zero-order valence-electron chi connectivity index (χ0n) is 10.1. The lowest BCUT2D eigenvalue weighted by Gasteiger charge is -2.08. The number of esters is 1. The number of aromatic nitrogens is 1. The molecule has 2 aromatic rings. The Balaban J connectivity index is 2.87. The lowest BCUT2D eigenvalue weighted by molar-refractivity contribution is -0.386. The van der Waals surface area contributed by atoms with Crippen LogP contribution in [-0.4, -0.2) is 33.2 Å². The molecule has 9 heteroatoms. The molecule has 0 saturated carbocycles. The van der Waals surface area contributed by atoms with Crippen LogP contribution in [-0.2, 0) is 4.74 Å². The van der Waals surface area contributed by atoms with Gasteiger partial charge in [-0.25, -0.2) is 9.78 Å². The molecule has 0 amide bonds. The van der Waals surface area contributed by atoms with Gasteiger partial charge in [0, 0.05) is 0 Å². The van der Waals surface area contributed by atoms with Crippen molar-refractivity contribution in [1.29, 1.82) is 0 Å². The van der Waals surface area contributed by atoms with Gasteiger partial charge in [0.15, 0.2) is 11.3 Å². The number of rotatable bonds is 3. The standard InChI is InChI=1S/C11H8N2O7/c1-19-11(16)7-5(10-12-2-3-20-10)4-6(14)9(15)8(7)13(17)18/h2-4,14-15H,1H3. The van der Waals surface area contributed by atoms with Gasteiger partial charge in [-0.3, -0.25) is 10.1 Å². The molecule has 0 unspecified atom stereocenters. The van der Waals surface area contributed by atoms with Crippen LogP contribution >= 0.6 is 0 Å². The number of hydrogen-bond donors (Lipinski definition) is 2. The Labute approximate surface area is 111 Å². The topological polar surface area (TPSA) is 136 Å². The lowest BCUT2D eigenvalue weighted by atomic mass is 10.0. The molecule has 104 valence electrons. The van der Waals surface area contributed by atoms with Gasteiger partial charge in [-0.15, -0.1) is 0 Å². The Bertz CT molecular complexity index is 679. The molecule has 0 atom stereocenters. The molecule has 1 heterocycles. The van der Waals surface area contributed by atoms with Gasteiger partial charge in [-0.05, 0) is 6.07 Å². The van der Waals surface area contributed by atoms with Crippen molar-refractivity contribution in [2.24, 2.45) is 0 Å². The molecule has 0 fully saturated rings. The predicted octanol–water partition coefficient (Wildman–Crippen LogP) is 1.45. The van der Waals surface area contributed by atoms with Crippen molar-refractivity contribution in [2.45, 2.75) is 0 Å². The normalized spacial score (nSPS) is 10.2. The highest BCUT2D eigenvalue weighted by Crippen LogP contribution is 2.43. The van der Waals surface area contributed by atoms with Crippen molar-refractivity contribution in [2.75, 3.05) is 7.11 Å². The van der Waals surface area contributed by atoms with E-state index in [1.165, 1.54) is 12.5 Å². The summed E-state index contributed by atoms with van der Waals surface area (Å²) in [7, 11) is 1.02. The summed E-state index contributed by atoms with van der Waals surface area (Å²) in [6.07, 6.45) is 2.44. The summed E-state index contributed by atoms with van der Waals surface area (Å²) in [6, 6.07) is 0.931. The number of nitro benzene ring substituents is 1. The smallest absolute Gasteiger partial charge is 0.345 e. The van der Waals surface area contributed by atoms with E-state index in [2.05, 4.69) is 9.72 Å². The SMILES string of the molecule is COC(=O)c1c(-c2ncco2)cc(O)c(O)c1[N+](=O)[O-]. The fourth-order valence-electron chi connectivity index (χ4n) is 1.66. The highest BCUT2D eigenvalue weighted by molar-refractivity contribution is 6.02. The Morgan fingerprint density at radius 2 is 2.20 bits per heavy atom. The summed E-state index contributed by atoms with van der Waals surface area (Å²) in [4.78, 5) is 25.5. The minimum Gasteiger partial charge on any atom is -0.504 e. The van der Waals surface area contributed by atoms with Gasteiger partial charge in [0.05, 0.1) is 23.8 Å². The molecule has 20 heavy (non-hydrogen) atoms. The van der Waals surface area contributed by atoms with Gasteiger partial charge in [0.25, 0.3) is 0 Å². The number of ether oxygens (including phenoxy) is 1. The molecular formula is C11H8N2O7. The van der Waals surface area contributed by atoms with E-state index >= 15 is 0 Å². The largest absolute Gasteiger partial charge is 0.504 e. The zero-order chi connectivity index (χ0) is 14.9. The van der Waals surface area contributed by atoms with E-state index in [0.717, 1.165) is 13.2 Å². The monoisotopic (exact) mass is 280 g/mol. The molecule has 0 bridgehead atoms. The molecular weight excluding hydrogens is 272 g/mol.